The third-order valence-corrected chi connectivity index (χ3v) is 24.3. The van der Waals surface area contributed by atoms with Gasteiger partial charge in [-0.1, -0.05) is 156 Å². The first-order valence-corrected chi connectivity index (χ1v) is 47.4. The van der Waals surface area contributed by atoms with E-state index in [4.69, 9.17) is 167 Å². The zero-order valence-electron chi connectivity index (χ0n) is 80.1. The van der Waals surface area contributed by atoms with Crippen molar-refractivity contribution >= 4 is 11.9 Å². The van der Waals surface area contributed by atoms with Gasteiger partial charge in [0, 0.05) is 12.5 Å². The molecule has 1 aliphatic carbocycles. The smallest absolute Gasteiger partial charge is 0.337 e. The van der Waals surface area contributed by atoms with Crippen molar-refractivity contribution in [1.82, 2.24) is 0 Å². The molecule has 4 aromatic rings. The SMILES string of the molecule is CCCOCOC1COCO[C@@H]1C.CC[C@@H]1OCOC2C1OCO[C@@H]2CC.CC[C@@H]1OCOC2C1OCO[C@H]2CC.C[C@@H](O)C(=O)O.C[C@@H](O)[C@H](O)c1ccccc1.O=C(O)[C@H](O)c1ccccc1.O[C@@H]1CC[C@H]2[C@@H]1OC[C@@H]2O.O[C@@H]1COC[C@@H]1O.O[C@@H]1CO[C@H]2[C@@H]1OC[C@@H]2O.O[C@@H]1CO[C@H]2[C@@H]1OC[C@H]2O.O[C@H](c1ccccc1)[C@H](O)c1ccccc1.O[C@H]1COC[C@@H]1O.O[C@H]1CO[C@H]2[C@@H]1OC[C@@H]2O. The maximum Gasteiger partial charge on any atom is 0.337 e. The van der Waals surface area contributed by atoms with Crippen LogP contribution in [-0.2, 0) is 109 Å². The minimum atomic E-state index is -1.41. The van der Waals surface area contributed by atoms with Crippen LogP contribution in [0.2, 0.25) is 0 Å². The van der Waals surface area contributed by atoms with Crippen LogP contribution < -0.4 is 0 Å². The molecule has 794 valence electrons. The van der Waals surface area contributed by atoms with Gasteiger partial charge in [0.15, 0.2) is 6.10 Å². The molecule has 0 amide bonds. The maximum absolute atomic E-state index is 10.2. The van der Waals surface area contributed by atoms with Crippen molar-refractivity contribution < 1.29 is 211 Å². The molecular formula is C96H152O43. The van der Waals surface area contributed by atoms with Crippen molar-refractivity contribution in [2.24, 2.45) is 5.92 Å². The predicted octanol–water partition coefficient (Wildman–Crippen LogP) is 0.0493. The van der Waals surface area contributed by atoms with Crippen molar-refractivity contribution in [3.63, 3.8) is 0 Å². The van der Waals surface area contributed by atoms with Gasteiger partial charge in [-0.15, -0.1) is 0 Å². The lowest BCUT2D eigenvalue weighted by molar-refractivity contribution is -0.322. The molecule has 43 nitrogen and oxygen atoms in total. The number of aliphatic hydroxyl groups is 18. The molecule has 15 aliphatic rings. The zero-order chi connectivity index (χ0) is 102. The summed E-state index contributed by atoms with van der Waals surface area (Å²) in [6, 6.07) is 35.7. The summed E-state index contributed by atoms with van der Waals surface area (Å²) >= 11 is 0. The summed E-state index contributed by atoms with van der Waals surface area (Å²) in [5, 5.41) is 180. The molecule has 0 radical (unpaired) electrons. The van der Waals surface area contributed by atoms with Gasteiger partial charge in [0.25, 0.3) is 0 Å². The minimum absolute atomic E-state index is 0.00519. The second-order valence-corrected chi connectivity index (χ2v) is 34.7. The molecule has 0 bridgehead atoms. The van der Waals surface area contributed by atoms with Crippen LogP contribution in [0.15, 0.2) is 121 Å². The predicted molar refractivity (Wildman–Crippen MR) is 486 cm³/mol. The van der Waals surface area contributed by atoms with Gasteiger partial charge in [0.1, 0.15) is 193 Å². The molecule has 14 saturated heterocycles. The highest BCUT2D eigenvalue weighted by Gasteiger charge is 2.50. The van der Waals surface area contributed by atoms with E-state index in [-0.39, 0.29) is 188 Å². The molecular weight excluding hydrogens is 1840 g/mol. The fourth-order valence-electron chi connectivity index (χ4n) is 16.1. The van der Waals surface area contributed by atoms with Gasteiger partial charge in [-0.25, -0.2) is 9.59 Å². The molecule has 0 aromatic heterocycles. The largest absolute Gasteiger partial charge is 0.479 e. The number of rotatable bonds is 17. The van der Waals surface area contributed by atoms with Gasteiger partial charge < -0.3 is 202 Å². The molecule has 14 aliphatic heterocycles. The summed E-state index contributed by atoms with van der Waals surface area (Å²) in [5.74, 6) is -2.21. The number of hydrogen-bond acceptors (Lipinski definition) is 41. The standard InChI is InChI=1S/C14H14O2.2C10H18O4.C9H18O4.C9H12O2.C8H8O3.C7H12O3.3C6H10O4.2C4H8O3.C3H6O3/c15-13(11-7-3-1-4-8-11)14(16)12-9-5-2-6-10-12;2*1-3-7-9-10(14-5-11-7)8(4-2)12-6-13-9;1-3-4-10-6-13-9-5-11-7-12-8(9)2;1-7(10)9(11)8-5-3-2-4-6-8;9-7(8(10)11)6-4-2-1-3-5-6;8-5-2-1-4-6(9)3-10-7(4)5;3*7-3-1-9-6-4(8)2-10-5(3)6;2*5-3-1-7-2-4(3)6;1-2(4)3(5)6/h1-10,13-16H;2*7-10H,3-6H2,1-2H3;8-9H,3-7H2,1-2H3;2-7,9-11H,1H3;1-5,7,9H,(H,10,11);4-9H,1-3H2;3*3-8H,1-2H2;2*3-6H,1-2H2;2,4H,1H3,(H,5,6)/t13-,14-;7-,8+,9?,10?;7-,8-,9?,10?;8-,9?;7-,9+;7-;4-,5-,6+,7+;3-,4+,5-,6-;3-,4-,5+,6+;3-,4-,5-,6-;3-,4+;3-,4-;2-/m1.01111101.01/s1. The number of aliphatic carboxylic acids is 2. The Hall–Kier alpha value is -5.74. The zero-order valence-corrected chi connectivity index (χ0v) is 80.1. The molecule has 0 spiro atoms. The van der Waals surface area contributed by atoms with E-state index in [0.29, 0.717) is 59.5 Å². The number of carboxylic acid groups (broad SMARTS) is 2. The van der Waals surface area contributed by atoms with Crippen LogP contribution in [-0.4, -0.2) is 430 Å². The Morgan fingerprint density at radius 2 is 0.612 bits per heavy atom. The second kappa shape index (κ2) is 65.0. The molecule has 15 fully saturated rings. The highest BCUT2D eigenvalue weighted by Crippen LogP contribution is 2.37. The molecule has 5 unspecified atom stereocenters. The Morgan fingerprint density at radius 3 is 0.871 bits per heavy atom. The van der Waals surface area contributed by atoms with E-state index in [2.05, 4.69) is 44.1 Å². The van der Waals surface area contributed by atoms with E-state index < -0.39 is 110 Å². The number of benzene rings is 4. The van der Waals surface area contributed by atoms with Crippen LogP contribution in [0.1, 0.15) is 147 Å². The Bertz CT molecular complexity index is 3480. The number of carboxylic acids is 2. The van der Waals surface area contributed by atoms with Crippen molar-refractivity contribution in [3.8, 4) is 0 Å². The Morgan fingerprint density at radius 1 is 0.317 bits per heavy atom. The molecule has 19 rings (SSSR count). The van der Waals surface area contributed by atoms with E-state index in [0.717, 1.165) is 68.2 Å². The number of fused-ring (bicyclic) bond motifs is 6. The fourth-order valence-corrected chi connectivity index (χ4v) is 16.1. The topological polar surface area (TPSA) is 633 Å². The highest BCUT2D eigenvalue weighted by atomic mass is 16.8. The lowest BCUT2D eigenvalue weighted by atomic mass is 9.98. The summed E-state index contributed by atoms with van der Waals surface area (Å²) in [7, 11) is 0. The third kappa shape index (κ3) is 39.2. The van der Waals surface area contributed by atoms with E-state index in [1.165, 1.54) is 6.92 Å². The van der Waals surface area contributed by atoms with Gasteiger partial charge >= 0.3 is 11.9 Å². The minimum Gasteiger partial charge on any atom is -0.479 e. The van der Waals surface area contributed by atoms with Crippen LogP contribution >= 0.6 is 0 Å². The quantitative estimate of drug-likeness (QED) is 0.0490. The van der Waals surface area contributed by atoms with Crippen molar-refractivity contribution in [3.05, 3.63) is 144 Å². The van der Waals surface area contributed by atoms with Crippen LogP contribution in [0.4, 0.5) is 0 Å². The first kappa shape index (κ1) is 120. The average molecular weight is 1990 g/mol. The molecule has 4 aromatic carbocycles. The molecule has 1 saturated carbocycles. The normalized spacial score (nSPS) is 35.5. The average Bonchev–Trinajstić information content (AvgIpc) is 1.59. The van der Waals surface area contributed by atoms with E-state index in [9.17, 15) is 35.1 Å². The molecule has 139 heavy (non-hydrogen) atoms. The van der Waals surface area contributed by atoms with Gasteiger partial charge in [0.2, 0.25) is 0 Å². The summed E-state index contributed by atoms with van der Waals surface area (Å²) in [6.07, 6.45) is -6.86. The van der Waals surface area contributed by atoms with Crippen molar-refractivity contribution in [2.45, 2.75) is 314 Å². The Labute approximate surface area is 809 Å². The molecule has 43 heteroatoms. The Kier molecular flexibility index (Phi) is 56.2. The maximum atomic E-state index is 10.2. The molecule has 20 N–H and O–H groups in total. The number of hydrogen-bond donors (Lipinski definition) is 20. The van der Waals surface area contributed by atoms with Crippen LogP contribution in [0.5, 0.6) is 0 Å². The monoisotopic (exact) mass is 1990 g/mol. The van der Waals surface area contributed by atoms with Gasteiger partial charge in [-0.3, -0.25) is 0 Å². The third-order valence-electron chi connectivity index (χ3n) is 24.3. The van der Waals surface area contributed by atoms with Crippen LogP contribution in [0, 0.1) is 5.92 Å². The number of aliphatic hydroxyl groups excluding tert-OH is 18. The number of carbonyl (C=O) groups is 2. The van der Waals surface area contributed by atoms with Gasteiger partial charge in [-0.2, -0.15) is 0 Å². The lowest BCUT2D eigenvalue weighted by Gasteiger charge is -2.43. The van der Waals surface area contributed by atoms with Crippen LogP contribution in [0.25, 0.3) is 0 Å². The summed E-state index contributed by atoms with van der Waals surface area (Å²) in [5.41, 5.74) is 2.60. The first-order chi connectivity index (χ1) is 66.7. The van der Waals surface area contributed by atoms with Gasteiger partial charge in [-0.05, 0) is 88.0 Å². The summed E-state index contributed by atoms with van der Waals surface area (Å²) in [4.78, 5) is 19.7. The van der Waals surface area contributed by atoms with Crippen LogP contribution in [0.3, 0.4) is 0 Å². The van der Waals surface area contributed by atoms with Crippen molar-refractivity contribution in [2.75, 3.05) is 127 Å². The van der Waals surface area contributed by atoms with Gasteiger partial charge in [0.05, 0.1) is 134 Å². The fraction of sp³-hybridized carbons (Fsp3) is 0.729. The highest BCUT2D eigenvalue weighted by molar-refractivity contribution is 5.74. The van der Waals surface area contributed by atoms with E-state index >= 15 is 0 Å². The molecule has 36 atom stereocenters. The summed E-state index contributed by atoms with van der Waals surface area (Å²) < 4.78 is 110. The number of ether oxygens (including phenoxy) is 21. The summed E-state index contributed by atoms with van der Waals surface area (Å²) in [6.45, 7) is 21.9. The van der Waals surface area contributed by atoms with Crippen molar-refractivity contribution in [1.29, 1.82) is 0 Å². The Balaban J connectivity index is 0.000000206. The second-order valence-electron chi connectivity index (χ2n) is 34.7. The van der Waals surface area contributed by atoms with E-state index in [1.807, 2.05) is 61.5 Å². The molecule has 14 heterocycles. The first-order valence-electron chi connectivity index (χ1n) is 47.4. The van der Waals surface area contributed by atoms with E-state index in [1.54, 1.807) is 73.7 Å². The lowest BCUT2D eigenvalue weighted by Crippen LogP contribution is -2.56.